The van der Waals surface area contributed by atoms with E-state index in [2.05, 4.69) is 26.6 Å². The maximum Gasteiger partial charge on any atom is 0.514 e. The van der Waals surface area contributed by atoms with Gasteiger partial charge < -0.3 is 45.7 Å². The van der Waals surface area contributed by atoms with Gasteiger partial charge in [-0.3, -0.25) is 28.8 Å². The molecule has 17 nitrogen and oxygen atoms in total. The molecule has 4 aromatic carbocycles. The number of amides is 6. The summed E-state index contributed by atoms with van der Waals surface area (Å²) in [5, 5.41) is 14.2. The van der Waals surface area contributed by atoms with E-state index >= 15 is 4.79 Å². The molecule has 1 heterocycles. The predicted octanol–water partition coefficient (Wildman–Crippen LogP) is 8.15. The molecule has 396 valence electrons. The third-order valence-corrected chi connectivity index (χ3v) is 12.3. The van der Waals surface area contributed by atoms with Gasteiger partial charge in [-0.2, -0.15) is 0 Å². The smallest absolute Gasteiger partial charge is 0.444 e. The van der Waals surface area contributed by atoms with Gasteiger partial charge in [0.2, 0.25) is 23.6 Å². The first kappa shape index (κ1) is 57.9. The Morgan fingerprint density at radius 2 is 1.42 bits per heavy atom. The van der Waals surface area contributed by atoms with Crippen molar-refractivity contribution >= 4 is 70.8 Å². The maximum absolute atomic E-state index is 15.0. The Morgan fingerprint density at radius 1 is 0.784 bits per heavy atom. The van der Waals surface area contributed by atoms with Crippen molar-refractivity contribution in [3.63, 3.8) is 0 Å². The number of hydrogen-bond donors (Lipinski definition) is 5. The van der Waals surface area contributed by atoms with Crippen LogP contribution in [0.4, 0.5) is 9.59 Å². The van der Waals surface area contributed by atoms with Crippen LogP contribution in [0.15, 0.2) is 84.9 Å². The number of rotatable bonds is 15. The molecular formula is C55H66Cl2N6O11. The maximum atomic E-state index is 15.0. The van der Waals surface area contributed by atoms with Crippen molar-refractivity contribution in [3.05, 3.63) is 112 Å². The van der Waals surface area contributed by atoms with E-state index in [-0.39, 0.29) is 42.1 Å². The Labute approximate surface area is 442 Å². The molecule has 1 aliphatic rings. The van der Waals surface area contributed by atoms with Gasteiger partial charge in [-0.25, -0.2) is 9.59 Å². The largest absolute Gasteiger partial charge is 0.514 e. The minimum Gasteiger partial charge on any atom is -0.444 e. The lowest BCUT2D eigenvalue weighted by Crippen LogP contribution is -2.57. The number of benzene rings is 4. The molecule has 0 aliphatic carbocycles. The van der Waals surface area contributed by atoms with E-state index in [1.807, 2.05) is 12.1 Å². The zero-order valence-electron chi connectivity index (χ0n) is 43.4. The minimum absolute atomic E-state index is 0.0610. The van der Waals surface area contributed by atoms with Crippen LogP contribution >= 0.6 is 23.2 Å². The Kier molecular flexibility index (Phi) is 19.8. The fraction of sp³-hybridized carbons (Fsp3) is 0.418. The third-order valence-electron chi connectivity index (χ3n) is 11.8. The highest BCUT2D eigenvalue weighted by atomic mass is 35.5. The number of carbonyl (C=O) groups excluding carboxylic acids is 8. The molecule has 6 amide bonds. The number of halogens is 2. The van der Waals surface area contributed by atoms with Gasteiger partial charge in [0.05, 0.1) is 11.9 Å². The number of likely N-dealkylation sites (N-methyl/N-ethyl adjacent to an activating group) is 1. The summed E-state index contributed by atoms with van der Waals surface area (Å²) < 4.78 is 16.6. The van der Waals surface area contributed by atoms with Crippen molar-refractivity contribution in [1.29, 1.82) is 0 Å². The number of alkyl carbamates (subject to hydrolysis) is 1. The number of nitrogens with zero attached hydrogens (tertiary/aromatic N) is 1. The Morgan fingerprint density at radius 3 is 2.04 bits per heavy atom. The number of unbranched alkanes of at least 4 members (excludes halogenated alkanes) is 1. The normalized spacial score (nSPS) is 16.7. The van der Waals surface area contributed by atoms with Gasteiger partial charge >= 0.3 is 12.2 Å². The van der Waals surface area contributed by atoms with Crippen molar-refractivity contribution in [2.24, 2.45) is 0 Å². The lowest BCUT2D eigenvalue weighted by molar-refractivity contribution is -0.141. The van der Waals surface area contributed by atoms with Gasteiger partial charge in [0, 0.05) is 36.2 Å². The van der Waals surface area contributed by atoms with Crippen molar-refractivity contribution < 1.29 is 52.6 Å². The Bertz CT molecular complexity index is 2720. The summed E-state index contributed by atoms with van der Waals surface area (Å²) in [6, 6.07) is 17.7. The highest BCUT2D eigenvalue weighted by Gasteiger charge is 2.36. The summed E-state index contributed by atoms with van der Waals surface area (Å²) in [7, 11) is 1.41. The molecule has 19 heteroatoms. The molecule has 0 radical (unpaired) electrons. The van der Waals surface area contributed by atoms with Crippen LogP contribution in [0.25, 0.3) is 22.3 Å². The zero-order chi connectivity index (χ0) is 54.7. The quantitative estimate of drug-likeness (QED) is 0.0330. The molecule has 0 fully saturated rings. The number of ether oxygens (including phenoxy) is 3. The van der Waals surface area contributed by atoms with Gasteiger partial charge in [-0.1, -0.05) is 54.1 Å². The van der Waals surface area contributed by atoms with E-state index in [1.54, 1.807) is 115 Å². The topological polar surface area (TPSA) is 228 Å². The second kappa shape index (κ2) is 25.3. The number of aryl methyl sites for hydroxylation is 1. The Balaban J connectivity index is 1.56. The number of ketones is 1. The fourth-order valence-electron chi connectivity index (χ4n) is 7.93. The third kappa shape index (κ3) is 16.5. The van der Waals surface area contributed by atoms with E-state index < -0.39 is 89.0 Å². The minimum atomic E-state index is -1.45. The van der Waals surface area contributed by atoms with E-state index in [0.717, 1.165) is 11.1 Å². The standard InChI is InChI=1S/C55H66Cl2N6O11/c1-31-14-16-38-29-40(31)41-27-34(15-25-45(41)72-53(71)74-55(7,8)9)28-43(49(67)59-32(2)44(64)30-56)62-47(65)33(3)60-50(68)46(38)63(10)51(69)42(13-11-12-26-58-52(70)73-54(4,5)6)61-48(66)37-19-17-35(18-20-37)36-21-23-39(57)24-22-36/h14-25,27,29,32-33,42-43,46H,11-13,26,28,30H2,1-10H3,(H,58,70)(H,59,67)(H,60,68)(H,61,66)(H,62,65)/t32-,33-,42-,43-,46-/m0/s1. The van der Waals surface area contributed by atoms with Crippen LogP contribution in [-0.2, 0) is 39.9 Å². The number of Topliss-reactive ketones (excluding diaryl/α,β-unsaturated/α-hetero) is 1. The molecule has 0 unspecified atom stereocenters. The number of fused-ring (bicyclic) bond motifs is 5. The SMILES string of the molecule is Cc1ccc2cc1-c1cc(ccc1OC(=O)OC(C)(C)C)C[C@@H](C(=O)N[C@@H](C)C(=O)CCl)NC(=O)[C@H](C)NC(=O)[C@H]2N(C)C(=O)[C@H](CCCCNC(=O)OC(C)(C)C)NC(=O)c1ccc(-c2ccc(Cl)cc2)cc1. The average Bonchev–Trinajstić information content (AvgIpc) is 3.32. The molecule has 4 bridgehead atoms. The predicted molar refractivity (Wildman–Crippen MR) is 282 cm³/mol. The second-order valence-electron chi connectivity index (χ2n) is 20.2. The van der Waals surface area contributed by atoms with Crippen LogP contribution in [-0.4, -0.2) is 107 Å². The van der Waals surface area contributed by atoms with Crippen LogP contribution in [0.2, 0.25) is 5.02 Å². The summed E-state index contributed by atoms with van der Waals surface area (Å²) in [4.78, 5) is 111. The first-order valence-electron chi connectivity index (χ1n) is 24.3. The first-order chi connectivity index (χ1) is 34.7. The highest BCUT2D eigenvalue weighted by Crippen LogP contribution is 2.37. The van der Waals surface area contributed by atoms with Gasteiger partial charge in [-0.05, 0) is 157 Å². The van der Waals surface area contributed by atoms with Crippen molar-refractivity contribution in [3.8, 4) is 28.0 Å². The van der Waals surface area contributed by atoms with Gasteiger partial charge in [0.1, 0.15) is 41.1 Å². The average molecular weight is 1060 g/mol. The van der Waals surface area contributed by atoms with Crippen LogP contribution < -0.4 is 31.3 Å². The van der Waals surface area contributed by atoms with Crippen LogP contribution in [0.1, 0.15) is 108 Å². The van der Waals surface area contributed by atoms with E-state index in [0.29, 0.717) is 40.1 Å². The molecule has 74 heavy (non-hydrogen) atoms. The molecular weight excluding hydrogens is 992 g/mol. The highest BCUT2D eigenvalue weighted by molar-refractivity contribution is 6.30. The van der Waals surface area contributed by atoms with Crippen molar-refractivity contribution in [2.75, 3.05) is 19.5 Å². The van der Waals surface area contributed by atoms with Crippen LogP contribution in [0, 0.1) is 6.92 Å². The first-order valence-corrected chi connectivity index (χ1v) is 25.2. The van der Waals surface area contributed by atoms with Crippen molar-refractivity contribution in [2.45, 2.75) is 129 Å². The van der Waals surface area contributed by atoms with Gasteiger partial charge in [-0.15, -0.1) is 11.6 Å². The molecule has 5 atom stereocenters. The van der Waals surface area contributed by atoms with E-state index in [1.165, 1.54) is 31.9 Å². The summed E-state index contributed by atoms with van der Waals surface area (Å²) >= 11 is 11.9. The summed E-state index contributed by atoms with van der Waals surface area (Å²) in [5.74, 6) is -4.25. The number of carbonyl (C=O) groups is 8. The summed E-state index contributed by atoms with van der Waals surface area (Å²) in [6.07, 6.45) is -0.902. The lowest BCUT2D eigenvalue weighted by Gasteiger charge is -2.33. The van der Waals surface area contributed by atoms with Crippen LogP contribution in [0.5, 0.6) is 5.75 Å². The molecule has 0 spiro atoms. The molecule has 1 aliphatic heterocycles. The summed E-state index contributed by atoms with van der Waals surface area (Å²) in [6.45, 7) is 15.2. The van der Waals surface area contributed by atoms with Crippen molar-refractivity contribution in [1.82, 2.24) is 31.5 Å². The van der Waals surface area contributed by atoms with Crippen LogP contribution in [0.3, 0.4) is 0 Å². The Hall–Kier alpha value is -6.98. The molecule has 5 N–H and O–H groups in total. The van der Waals surface area contributed by atoms with E-state index in [9.17, 15) is 33.6 Å². The number of hydrogen-bond acceptors (Lipinski definition) is 11. The molecule has 0 saturated heterocycles. The number of alkyl halides is 1. The monoisotopic (exact) mass is 1060 g/mol. The summed E-state index contributed by atoms with van der Waals surface area (Å²) in [5.41, 5.74) is 2.61. The van der Waals surface area contributed by atoms with Gasteiger partial charge in [0.25, 0.3) is 5.91 Å². The number of nitrogens with one attached hydrogen (secondary N) is 5. The van der Waals surface area contributed by atoms with Gasteiger partial charge in [0.15, 0.2) is 5.78 Å². The zero-order valence-corrected chi connectivity index (χ0v) is 44.9. The lowest BCUT2D eigenvalue weighted by atomic mass is 9.91. The molecule has 0 saturated carbocycles. The fourth-order valence-corrected chi connectivity index (χ4v) is 8.29. The molecule has 5 rings (SSSR count). The molecule has 4 aromatic rings. The van der Waals surface area contributed by atoms with E-state index in [4.69, 9.17) is 37.4 Å². The second-order valence-corrected chi connectivity index (χ2v) is 20.9. The molecule has 0 aromatic heterocycles.